The lowest BCUT2D eigenvalue weighted by Crippen LogP contribution is -2.60. The van der Waals surface area contributed by atoms with Crippen molar-refractivity contribution in [2.24, 2.45) is 0 Å². The molecule has 0 aliphatic carbocycles. The predicted octanol–water partition coefficient (Wildman–Crippen LogP) is 6.97. The fraction of sp³-hybridized carbons (Fsp3) is 0.571. The Kier molecular flexibility index (Phi) is 12.0. The number of hydrogen-bond acceptors (Lipinski definition) is 12. The number of rotatable bonds is 14. The number of hydrogen-bond donors (Lipinski definition) is 0. The third-order valence-corrected chi connectivity index (χ3v) is 10.7. The molecule has 2 bridgehead atoms. The molecule has 2 aromatic carbocycles. The Bertz CT molecular complexity index is 1380. The fourth-order valence-corrected chi connectivity index (χ4v) is 8.58. The molecule has 5 rings (SSSR count). The fourth-order valence-electron chi connectivity index (χ4n) is 7.42. The molecule has 3 aliphatic rings. The number of carbonyl (C=O) groups is 3. The first kappa shape index (κ1) is 36.8. The van der Waals surface area contributed by atoms with Crippen molar-refractivity contribution in [3.8, 4) is 0 Å². The Morgan fingerprint density at radius 2 is 1.20 bits per heavy atom. The van der Waals surface area contributed by atoms with E-state index in [9.17, 15) is 18.9 Å². The Morgan fingerprint density at radius 3 is 1.63 bits per heavy atom. The highest BCUT2D eigenvalue weighted by Gasteiger charge is 2.58. The predicted molar refractivity (Wildman–Crippen MR) is 175 cm³/mol. The number of ether oxygens (including phenoxy) is 5. The van der Waals surface area contributed by atoms with Crippen LogP contribution in [0.15, 0.2) is 60.7 Å². The van der Waals surface area contributed by atoms with Crippen LogP contribution < -0.4 is 0 Å². The van der Waals surface area contributed by atoms with E-state index in [0.717, 1.165) is 30.4 Å². The monoisotopic (exact) mass is 704 g/mol. The van der Waals surface area contributed by atoms with Crippen molar-refractivity contribution >= 4 is 26.1 Å². The number of phosphoric ester groups is 1. The van der Waals surface area contributed by atoms with E-state index in [0.29, 0.717) is 24.9 Å². The van der Waals surface area contributed by atoms with Gasteiger partial charge < -0.3 is 28.2 Å². The van der Waals surface area contributed by atoms with E-state index in [-0.39, 0.29) is 11.1 Å². The molecule has 14 heteroatoms. The van der Waals surface area contributed by atoms with E-state index >= 15 is 0 Å². The molecular formula is C35H47NO12P+. The number of phosphoric acid groups is 1. The third-order valence-electron chi connectivity index (χ3n) is 9.37. The minimum absolute atomic E-state index is 0.278. The molecule has 2 unspecified atom stereocenters. The van der Waals surface area contributed by atoms with Crippen LogP contribution >= 0.6 is 7.82 Å². The summed E-state index contributed by atoms with van der Waals surface area (Å²) in [6.45, 7) is 6.92. The molecular weight excluding hydrogens is 657 g/mol. The van der Waals surface area contributed by atoms with Crippen LogP contribution in [0.3, 0.4) is 0 Å². The molecule has 268 valence electrons. The zero-order valence-electron chi connectivity index (χ0n) is 28.5. The van der Waals surface area contributed by atoms with E-state index in [1.54, 1.807) is 88.4 Å². The number of nitrogens with zero attached hydrogens (tertiary/aromatic N) is 1. The van der Waals surface area contributed by atoms with Crippen LogP contribution in [0.1, 0.15) is 77.3 Å². The molecule has 0 saturated carbocycles. The van der Waals surface area contributed by atoms with Crippen molar-refractivity contribution in [1.82, 2.24) is 0 Å². The summed E-state index contributed by atoms with van der Waals surface area (Å²) >= 11 is 0. The van der Waals surface area contributed by atoms with Gasteiger partial charge >= 0.3 is 26.1 Å². The van der Waals surface area contributed by atoms with E-state index in [1.165, 1.54) is 12.8 Å². The average molecular weight is 705 g/mol. The maximum absolute atomic E-state index is 14.8. The number of piperidine rings is 1. The van der Waals surface area contributed by atoms with Gasteiger partial charge in [0.2, 0.25) is 19.2 Å². The number of esters is 1. The number of benzene rings is 2. The summed E-state index contributed by atoms with van der Waals surface area (Å²) in [7, 11) is -4.96. The summed E-state index contributed by atoms with van der Waals surface area (Å²) in [5, 5.41) is 0. The summed E-state index contributed by atoms with van der Waals surface area (Å²) < 4.78 is 58.9. The Hall–Kier alpha value is -3.48. The SMILES string of the molecule is CC(C)OC(=O)OCOP(=O)(OCOC(=O)OC(C)C)OC(C(=O)OC1CC2CCC(C1)[N+]21CCCC1)(c1ccccc1)c1ccccc1. The first-order valence-electron chi connectivity index (χ1n) is 16.9. The van der Waals surface area contributed by atoms with Gasteiger partial charge in [-0.1, -0.05) is 60.7 Å². The van der Waals surface area contributed by atoms with Crippen LogP contribution in [0, 0.1) is 0 Å². The van der Waals surface area contributed by atoms with Gasteiger partial charge in [0.15, 0.2) is 0 Å². The van der Waals surface area contributed by atoms with Gasteiger partial charge in [0.1, 0.15) is 6.10 Å². The maximum Gasteiger partial charge on any atom is 0.510 e. The zero-order valence-corrected chi connectivity index (χ0v) is 29.4. The molecule has 3 aliphatic heterocycles. The smallest absolute Gasteiger partial charge is 0.459 e. The molecule has 49 heavy (non-hydrogen) atoms. The summed E-state index contributed by atoms with van der Waals surface area (Å²) in [6.07, 6.45) is 2.45. The van der Waals surface area contributed by atoms with Crippen molar-refractivity contribution in [1.29, 1.82) is 0 Å². The highest BCUT2D eigenvalue weighted by molar-refractivity contribution is 7.48. The molecule has 13 nitrogen and oxygen atoms in total. The van der Waals surface area contributed by atoms with Crippen LogP contribution in [0.2, 0.25) is 0 Å². The minimum atomic E-state index is -4.96. The van der Waals surface area contributed by atoms with Crippen LogP contribution in [0.4, 0.5) is 9.59 Å². The van der Waals surface area contributed by atoms with Gasteiger partial charge in [-0.3, -0.25) is 4.52 Å². The molecule has 0 amide bonds. The molecule has 3 fully saturated rings. The maximum atomic E-state index is 14.8. The lowest BCUT2D eigenvalue weighted by Gasteiger charge is -2.47. The van der Waals surface area contributed by atoms with E-state index in [4.69, 9.17) is 37.3 Å². The van der Waals surface area contributed by atoms with Crippen LogP contribution in [0.25, 0.3) is 0 Å². The molecule has 2 atom stereocenters. The molecule has 2 aromatic rings. The second-order valence-electron chi connectivity index (χ2n) is 13.2. The average Bonchev–Trinajstić information content (AvgIpc) is 3.60. The van der Waals surface area contributed by atoms with Crippen molar-refractivity contribution in [3.05, 3.63) is 71.8 Å². The van der Waals surface area contributed by atoms with E-state index < -0.39 is 63.6 Å². The standard InChI is InChI=1S/C35H47NO12P/c1-25(2)45-33(38)41-23-43-49(40,44-24-42-34(39)46-26(3)4)48-35(27-13-7-5-8-14-27,28-15-9-6-10-16-28)32(37)47-31-21-29-17-18-30(22-31)36(29)19-11-12-20-36/h5-10,13-16,25-26,29-31H,11-12,17-24H2,1-4H3/q+1. The van der Waals surface area contributed by atoms with Gasteiger partial charge in [-0.15, -0.1) is 0 Å². The summed E-state index contributed by atoms with van der Waals surface area (Å²) in [5.74, 6) is -0.822. The van der Waals surface area contributed by atoms with Gasteiger partial charge in [-0.25, -0.2) is 28.0 Å². The van der Waals surface area contributed by atoms with Gasteiger partial charge in [0.25, 0.3) is 0 Å². The van der Waals surface area contributed by atoms with Gasteiger partial charge in [-0.2, -0.15) is 0 Å². The number of quaternary nitrogens is 1. The highest BCUT2D eigenvalue weighted by atomic mass is 31.2. The molecule has 1 spiro atoms. The molecule has 0 N–H and O–H groups in total. The summed E-state index contributed by atoms with van der Waals surface area (Å²) in [6, 6.07) is 17.7. The highest BCUT2D eigenvalue weighted by Crippen LogP contribution is 2.57. The first-order chi connectivity index (χ1) is 23.5. The largest absolute Gasteiger partial charge is 0.510 e. The Morgan fingerprint density at radius 1 is 0.755 bits per heavy atom. The van der Waals surface area contributed by atoms with Crippen molar-refractivity contribution < 1.29 is 60.7 Å². The van der Waals surface area contributed by atoms with Crippen molar-refractivity contribution in [3.63, 3.8) is 0 Å². The second-order valence-corrected chi connectivity index (χ2v) is 14.8. The van der Waals surface area contributed by atoms with E-state index in [1.807, 2.05) is 0 Å². The third kappa shape index (κ3) is 8.64. The first-order valence-corrected chi connectivity index (χ1v) is 18.4. The topological polar surface area (TPSA) is 142 Å². The molecule has 3 saturated heterocycles. The van der Waals surface area contributed by atoms with Gasteiger partial charge in [-0.05, 0) is 27.7 Å². The van der Waals surface area contributed by atoms with Gasteiger partial charge in [0, 0.05) is 49.7 Å². The van der Waals surface area contributed by atoms with Crippen molar-refractivity contribution in [2.45, 2.75) is 102 Å². The Labute approximate surface area is 287 Å². The normalized spacial score (nSPS) is 21.5. The van der Waals surface area contributed by atoms with Crippen LogP contribution in [-0.4, -0.2) is 79.8 Å². The van der Waals surface area contributed by atoms with Crippen LogP contribution in [-0.2, 0) is 52.2 Å². The summed E-state index contributed by atoms with van der Waals surface area (Å²) in [4.78, 5) is 39.0. The van der Waals surface area contributed by atoms with Gasteiger partial charge in [0.05, 0.1) is 37.4 Å². The summed E-state index contributed by atoms with van der Waals surface area (Å²) in [5.41, 5.74) is -1.63. The minimum Gasteiger partial charge on any atom is -0.459 e. The quantitative estimate of drug-likeness (QED) is 0.0659. The zero-order chi connectivity index (χ0) is 35.1. The molecule has 3 heterocycles. The Balaban J connectivity index is 1.47. The number of carbonyl (C=O) groups excluding carboxylic acids is 3. The molecule has 0 radical (unpaired) electrons. The van der Waals surface area contributed by atoms with E-state index in [2.05, 4.69) is 0 Å². The lowest BCUT2D eigenvalue weighted by atomic mass is 9.86. The van der Waals surface area contributed by atoms with Crippen LogP contribution in [0.5, 0.6) is 0 Å². The van der Waals surface area contributed by atoms with Crippen molar-refractivity contribution in [2.75, 3.05) is 26.7 Å². The molecule has 0 aromatic heterocycles. The second kappa shape index (κ2) is 16.0. The lowest BCUT2D eigenvalue weighted by molar-refractivity contribution is -0.956.